The molecule has 156 valence electrons. The minimum Gasteiger partial charge on any atom is -0.289 e. The molecule has 1 N–H and O–H groups in total. The third kappa shape index (κ3) is 18.2. The van der Waals surface area contributed by atoms with Gasteiger partial charge in [-0.25, -0.2) is 5.01 Å². The first-order chi connectivity index (χ1) is 12.7. The number of hydrazine groups is 1. The number of hydrogen-bond acceptors (Lipinski definition) is 2. The minimum atomic E-state index is 0.206. The molecule has 0 unspecified atom stereocenters. The molecule has 0 heterocycles. The van der Waals surface area contributed by atoms with Crippen molar-refractivity contribution in [1.82, 2.24) is 10.4 Å². The summed E-state index contributed by atoms with van der Waals surface area (Å²) in [7, 11) is 0. The van der Waals surface area contributed by atoms with Crippen molar-refractivity contribution in [2.45, 2.75) is 130 Å². The van der Waals surface area contributed by atoms with Gasteiger partial charge in [0, 0.05) is 19.5 Å². The lowest BCUT2D eigenvalue weighted by Gasteiger charge is -2.22. The summed E-state index contributed by atoms with van der Waals surface area (Å²) in [5.74, 6) is 0.206. The van der Waals surface area contributed by atoms with Gasteiger partial charge in [-0.15, -0.1) is 0 Å². The van der Waals surface area contributed by atoms with E-state index in [1.807, 2.05) is 0 Å². The van der Waals surface area contributed by atoms with Crippen LogP contribution in [0.2, 0.25) is 0 Å². The highest BCUT2D eigenvalue weighted by molar-refractivity contribution is 5.75. The molecule has 1 amide bonds. The van der Waals surface area contributed by atoms with Crippen LogP contribution in [-0.4, -0.2) is 24.0 Å². The number of nitrogens with one attached hydrogen (secondary N) is 1. The number of hydrogen-bond donors (Lipinski definition) is 1. The van der Waals surface area contributed by atoms with E-state index >= 15 is 0 Å². The highest BCUT2D eigenvalue weighted by atomic mass is 16.2. The molecule has 0 radical (unpaired) electrons. The van der Waals surface area contributed by atoms with E-state index in [0.29, 0.717) is 6.42 Å². The number of amides is 1. The minimum absolute atomic E-state index is 0.206. The second-order valence-corrected chi connectivity index (χ2v) is 7.87. The van der Waals surface area contributed by atoms with Gasteiger partial charge < -0.3 is 0 Å². The van der Waals surface area contributed by atoms with Gasteiger partial charge in [0.2, 0.25) is 5.91 Å². The van der Waals surface area contributed by atoms with Gasteiger partial charge in [-0.1, -0.05) is 104 Å². The van der Waals surface area contributed by atoms with Gasteiger partial charge >= 0.3 is 0 Å². The van der Waals surface area contributed by atoms with E-state index < -0.39 is 0 Å². The Hall–Kier alpha value is -0.570. The smallest absolute Gasteiger partial charge is 0.234 e. The molecule has 0 spiro atoms. The van der Waals surface area contributed by atoms with Gasteiger partial charge in [0.05, 0.1) is 0 Å². The fourth-order valence-electron chi connectivity index (χ4n) is 3.38. The van der Waals surface area contributed by atoms with Gasteiger partial charge in [-0.2, -0.15) is 0 Å². The zero-order valence-corrected chi connectivity index (χ0v) is 18.3. The van der Waals surface area contributed by atoms with Crippen LogP contribution in [0.25, 0.3) is 0 Å². The van der Waals surface area contributed by atoms with Crippen molar-refractivity contribution >= 4 is 5.91 Å². The van der Waals surface area contributed by atoms with Crippen molar-refractivity contribution in [2.75, 3.05) is 13.1 Å². The van der Waals surface area contributed by atoms with Gasteiger partial charge in [0.25, 0.3) is 0 Å². The fraction of sp³-hybridized carbons (Fsp3) is 0.957. The molecule has 0 saturated heterocycles. The average molecular weight is 369 g/mol. The molecule has 0 atom stereocenters. The molecule has 0 fully saturated rings. The first kappa shape index (κ1) is 25.4. The Morgan fingerprint density at radius 2 is 1.04 bits per heavy atom. The highest BCUT2D eigenvalue weighted by Gasteiger charge is 2.07. The number of carbonyl (C=O) groups is 1. The van der Waals surface area contributed by atoms with Crippen LogP contribution >= 0.6 is 0 Å². The van der Waals surface area contributed by atoms with Crippen molar-refractivity contribution < 1.29 is 4.79 Å². The van der Waals surface area contributed by atoms with E-state index in [0.717, 1.165) is 32.4 Å². The third-order valence-corrected chi connectivity index (χ3v) is 5.07. The van der Waals surface area contributed by atoms with Crippen LogP contribution < -0.4 is 5.43 Å². The molecule has 0 aromatic heterocycles. The second kappa shape index (κ2) is 20.7. The summed E-state index contributed by atoms with van der Waals surface area (Å²) in [6.07, 6.45) is 21.6. The molecule has 0 saturated carbocycles. The van der Waals surface area contributed by atoms with Crippen LogP contribution in [-0.2, 0) is 4.79 Å². The number of carbonyl (C=O) groups excluding carboxylic acids is 1. The normalized spacial score (nSPS) is 11.2. The molecular weight excluding hydrogens is 320 g/mol. The van der Waals surface area contributed by atoms with E-state index in [9.17, 15) is 4.79 Å². The molecule has 0 aliphatic carbocycles. The molecule has 0 bridgehead atoms. The molecule has 0 aliphatic heterocycles. The molecule has 26 heavy (non-hydrogen) atoms. The van der Waals surface area contributed by atoms with Crippen molar-refractivity contribution in [3.05, 3.63) is 0 Å². The van der Waals surface area contributed by atoms with E-state index in [2.05, 4.69) is 31.2 Å². The maximum atomic E-state index is 12.0. The van der Waals surface area contributed by atoms with Crippen molar-refractivity contribution in [2.24, 2.45) is 0 Å². The lowest BCUT2D eigenvalue weighted by molar-refractivity contribution is -0.126. The SMILES string of the molecule is CCCCCCCCCCCCCCCC(=O)NN(CCC)CCCC. The quantitative estimate of drug-likeness (QED) is 0.185. The lowest BCUT2D eigenvalue weighted by Crippen LogP contribution is -2.43. The first-order valence-corrected chi connectivity index (χ1v) is 11.8. The molecule has 0 aromatic rings. The number of nitrogens with zero attached hydrogens (tertiary/aromatic N) is 1. The Labute approximate surface area is 164 Å². The van der Waals surface area contributed by atoms with Crippen LogP contribution in [0, 0.1) is 0 Å². The fourth-order valence-corrected chi connectivity index (χ4v) is 3.38. The topological polar surface area (TPSA) is 32.3 Å². The summed E-state index contributed by atoms with van der Waals surface area (Å²) in [4.78, 5) is 12.0. The largest absolute Gasteiger partial charge is 0.289 e. The van der Waals surface area contributed by atoms with Crippen molar-refractivity contribution in [1.29, 1.82) is 0 Å². The summed E-state index contributed by atoms with van der Waals surface area (Å²) in [6.45, 7) is 8.58. The van der Waals surface area contributed by atoms with E-state index in [4.69, 9.17) is 0 Å². The van der Waals surface area contributed by atoms with E-state index in [-0.39, 0.29) is 5.91 Å². The van der Waals surface area contributed by atoms with Crippen LogP contribution in [0.1, 0.15) is 130 Å². The Morgan fingerprint density at radius 3 is 1.50 bits per heavy atom. The van der Waals surface area contributed by atoms with E-state index in [1.165, 1.54) is 83.5 Å². The Balaban J connectivity index is 3.38. The van der Waals surface area contributed by atoms with Gasteiger partial charge in [-0.3, -0.25) is 10.2 Å². The summed E-state index contributed by atoms with van der Waals surface area (Å²) in [6, 6.07) is 0. The molecule has 0 aromatic carbocycles. The van der Waals surface area contributed by atoms with Gasteiger partial charge in [0.1, 0.15) is 0 Å². The zero-order chi connectivity index (χ0) is 19.3. The Morgan fingerprint density at radius 1 is 0.577 bits per heavy atom. The molecule has 3 nitrogen and oxygen atoms in total. The van der Waals surface area contributed by atoms with Crippen LogP contribution in [0.3, 0.4) is 0 Å². The molecular formula is C23H48N2O. The molecule has 0 rings (SSSR count). The number of rotatable bonds is 20. The van der Waals surface area contributed by atoms with Gasteiger partial charge in [-0.05, 0) is 19.3 Å². The maximum absolute atomic E-state index is 12.0. The predicted molar refractivity (Wildman–Crippen MR) is 115 cm³/mol. The Bertz CT molecular complexity index is 294. The monoisotopic (exact) mass is 368 g/mol. The summed E-state index contributed by atoms with van der Waals surface area (Å²) >= 11 is 0. The summed E-state index contributed by atoms with van der Waals surface area (Å²) in [5, 5.41) is 2.11. The van der Waals surface area contributed by atoms with E-state index in [1.54, 1.807) is 0 Å². The maximum Gasteiger partial charge on any atom is 0.234 e. The summed E-state index contributed by atoms with van der Waals surface area (Å²) in [5.41, 5.74) is 3.09. The summed E-state index contributed by atoms with van der Waals surface area (Å²) < 4.78 is 0. The lowest BCUT2D eigenvalue weighted by atomic mass is 10.0. The first-order valence-electron chi connectivity index (χ1n) is 11.8. The highest BCUT2D eigenvalue weighted by Crippen LogP contribution is 2.13. The van der Waals surface area contributed by atoms with Crippen molar-refractivity contribution in [3.63, 3.8) is 0 Å². The van der Waals surface area contributed by atoms with Crippen molar-refractivity contribution in [3.8, 4) is 0 Å². The standard InChI is InChI=1S/C23H48N2O/c1-4-7-9-10-11-12-13-14-15-16-17-18-19-20-23(26)24-25(21-6-3)22-8-5-2/h4-22H2,1-3H3,(H,24,26). The third-order valence-electron chi connectivity index (χ3n) is 5.07. The van der Waals surface area contributed by atoms with Crippen LogP contribution in [0.5, 0.6) is 0 Å². The van der Waals surface area contributed by atoms with Crippen LogP contribution in [0.4, 0.5) is 0 Å². The predicted octanol–water partition coefficient (Wildman–Crippen LogP) is 7.01. The molecule has 3 heteroatoms. The molecule has 0 aliphatic rings. The van der Waals surface area contributed by atoms with Gasteiger partial charge in [0.15, 0.2) is 0 Å². The Kier molecular flexibility index (Phi) is 20.3. The second-order valence-electron chi connectivity index (χ2n) is 7.87. The van der Waals surface area contributed by atoms with Crippen LogP contribution in [0.15, 0.2) is 0 Å². The zero-order valence-electron chi connectivity index (χ0n) is 18.3. The average Bonchev–Trinajstić information content (AvgIpc) is 2.63. The number of unbranched alkanes of at least 4 members (excludes halogenated alkanes) is 13.